The van der Waals surface area contributed by atoms with Gasteiger partial charge >= 0.3 is 6.01 Å². The molecule has 0 spiro atoms. The summed E-state index contributed by atoms with van der Waals surface area (Å²) >= 11 is 0. The van der Waals surface area contributed by atoms with Crippen molar-refractivity contribution in [2.75, 3.05) is 38.5 Å². The Morgan fingerprint density at radius 1 is 1.47 bits per heavy atom. The standard InChI is InChI=1S/C12H21N5O2/c1-9-15-16-12(19-9)14-11(18)8-17(2)7-10-3-5-13-6-4-10/h10,13H,3-8H2,1-2H3,(H,14,16,18). The number of anilines is 1. The molecule has 1 fully saturated rings. The van der Waals surface area contributed by atoms with Crippen LogP contribution in [0.4, 0.5) is 6.01 Å². The van der Waals surface area contributed by atoms with Crippen LogP contribution in [0.1, 0.15) is 18.7 Å². The number of aryl methyl sites for hydroxylation is 1. The van der Waals surface area contributed by atoms with Crippen LogP contribution in [0.15, 0.2) is 4.42 Å². The van der Waals surface area contributed by atoms with E-state index >= 15 is 0 Å². The smallest absolute Gasteiger partial charge is 0.322 e. The lowest BCUT2D eigenvalue weighted by Gasteiger charge is -2.26. The monoisotopic (exact) mass is 267 g/mol. The van der Waals surface area contributed by atoms with Crippen LogP contribution in [0, 0.1) is 12.8 Å². The topological polar surface area (TPSA) is 83.3 Å². The molecule has 1 aromatic heterocycles. The highest BCUT2D eigenvalue weighted by atomic mass is 16.4. The molecule has 0 aromatic carbocycles. The Morgan fingerprint density at radius 3 is 2.84 bits per heavy atom. The second-order valence-electron chi connectivity index (χ2n) is 5.06. The van der Waals surface area contributed by atoms with Crippen molar-refractivity contribution in [3.8, 4) is 0 Å². The highest BCUT2D eigenvalue weighted by molar-refractivity contribution is 5.90. The first-order valence-corrected chi connectivity index (χ1v) is 6.62. The third-order valence-electron chi connectivity index (χ3n) is 3.21. The molecule has 2 N–H and O–H groups in total. The van der Waals surface area contributed by atoms with E-state index in [1.165, 1.54) is 12.8 Å². The molecule has 2 rings (SSSR count). The third-order valence-corrected chi connectivity index (χ3v) is 3.21. The van der Waals surface area contributed by atoms with Crippen molar-refractivity contribution in [2.24, 2.45) is 5.92 Å². The summed E-state index contributed by atoms with van der Waals surface area (Å²) < 4.78 is 5.10. The molecule has 0 bridgehead atoms. The number of piperidine rings is 1. The van der Waals surface area contributed by atoms with Crippen LogP contribution in [0.2, 0.25) is 0 Å². The largest absolute Gasteiger partial charge is 0.408 e. The van der Waals surface area contributed by atoms with Crippen molar-refractivity contribution in [2.45, 2.75) is 19.8 Å². The molecular formula is C12H21N5O2. The Bertz CT molecular complexity index is 414. The lowest BCUT2D eigenvalue weighted by atomic mass is 9.98. The number of carbonyl (C=O) groups excluding carboxylic acids is 1. The number of likely N-dealkylation sites (N-methyl/N-ethyl adjacent to an activating group) is 1. The van der Waals surface area contributed by atoms with Gasteiger partial charge in [-0.15, -0.1) is 5.10 Å². The van der Waals surface area contributed by atoms with Crippen LogP contribution in [0.25, 0.3) is 0 Å². The summed E-state index contributed by atoms with van der Waals surface area (Å²) in [6, 6.07) is 0.165. The highest BCUT2D eigenvalue weighted by Gasteiger charge is 2.17. The van der Waals surface area contributed by atoms with Gasteiger partial charge in [0.25, 0.3) is 0 Å². The molecule has 0 aliphatic carbocycles. The summed E-state index contributed by atoms with van der Waals surface area (Å²) in [5, 5.41) is 13.3. The number of carbonyl (C=O) groups is 1. The van der Waals surface area contributed by atoms with E-state index in [0.29, 0.717) is 18.4 Å². The van der Waals surface area contributed by atoms with Gasteiger partial charge in [-0.1, -0.05) is 5.10 Å². The van der Waals surface area contributed by atoms with Gasteiger partial charge in [-0.3, -0.25) is 15.0 Å². The molecule has 19 heavy (non-hydrogen) atoms. The van der Waals surface area contributed by atoms with E-state index < -0.39 is 0 Å². The Hall–Kier alpha value is -1.47. The predicted octanol–water partition coefficient (Wildman–Crippen LogP) is 0.248. The Morgan fingerprint density at radius 2 is 2.21 bits per heavy atom. The Kier molecular flexibility index (Phi) is 4.86. The molecule has 1 saturated heterocycles. The van der Waals surface area contributed by atoms with Crippen molar-refractivity contribution in [3.63, 3.8) is 0 Å². The number of hydrogen-bond donors (Lipinski definition) is 2. The van der Waals surface area contributed by atoms with E-state index in [9.17, 15) is 4.79 Å². The van der Waals surface area contributed by atoms with E-state index in [1.54, 1.807) is 6.92 Å². The molecular weight excluding hydrogens is 246 g/mol. The maximum absolute atomic E-state index is 11.8. The van der Waals surface area contributed by atoms with E-state index in [1.807, 2.05) is 11.9 Å². The van der Waals surface area contributed by atoms with Crippen molar-refractivity contribution in [1.29, 1.82) is 0 Å². The molecule has 0 radical (unpaired) electrons. The number of nitrogens with zero attached hydrogens (tertiary/aromatic N) is 3. The van der Waals surface area contributed by atoms with Crippen molar-refractivity contribution in [3.05, 3.63) is 5.89 Å². The summed E-state index contributed by atoms with van der Waals surface area (Å²) in [6.45, 7) is 5.12. The normalized spacial score (nSPS) is 16.8. The maximum Gasteiger partial charge on any atom is 0.322 e. The predicted molar refractivity (Wildman–Crippen MR) is 70.8 cm³/mol. The molecule has 0 saturated carbocycles. The summed E-state index contributed by atoms with van der Waals surface area (Å²) in [6.07, 6.45) is 2.35. The molecule has 7 heteroatoms. The van der Waals surface area contributed by atoms with Gasteiger partial charge in [0.05, 0.1) is 6.54 Å². The van der Waals surface area contributed by atoms with Crippen LogP contribution in [0.5, 0.6) is 0 Å². The maximum atomic E-state index is 11.8. The van der Waals surface area contributed by atoms with E-state index in [0.717, 1.165) is 19.6 Å². The number of hydrogen-bond acceptors (Lipinski definition) is 6. The van der Waals surface area contributed by atoms with E-state index in [2.05, 4.69) is 20.8 Å². The molecule has 1 aromatic rings. The second-order valence-corrected chi connectivity index (χ2v) is 5.06. The molecule has 1 aliphatic heterocycles. The minimum atomic E-state index is -0.125. The first kappa shape index (κ1) is 14.0. The molecule has 1 aliphatic rings. The SMILES string of the molecule is Cc1nnc(NC(=O)CN(C)CC2CCNCC2)o1. The zero-order valence-electron chi connectivity index (χ0n) is 11.5. The lowest BCUT2D eigenvalue weighted by molar-refractivity contribution is -0.117. The van der Waals surface area contributed by atoms with Crippen LogP contribution in [0.3, 0.4) is 0 Å². The number of nitrogens with one attached hydrogen (secondary N) is 2. The Balaban J connectivity index is 1.71. The van der Waals surface area contributed by atoms with Crippen molar-refractivity contribution < 1.29 is 9.21 Å². The third kappa shape index (κ3) is 4.60. The second kappa shape index (κ2) is 6.63. The van der Waals surface area contributed by atoms with Gasteiger partial charge in [0, 0.05) is 13.5 Å². The van der Waals surface area contributed by atoms with Gasteiger partial charge in [-0.05, 0) is 38.9 Å². The van der Waals surface area contributed by atoms with Crippen LogP contribution < -0.4 is 10.6 Å². The minimum Gasteiger partial charge on any atom is -0.408 e. The van der Waals surface area contributed by atoms with Gasteiger partial charge in [0.15, 0.2) is 0 Å². The fraction of sp³-hybridized carbons (Fsp3) is 0.750. The zero-order valence-corrected chi connectivity index (χ0v) is 11.5. The fourth-order valence-corrected chi connectivity index (χ4v) is 2.32. The molecule has 0 unspecified atom stereocenters. The number of amides is 1. The quantitative estimate of drug-likeness (QED) is 0.795. The van der Waals surface area contributed by atoms with Crippen LogP contribution in [-0.2, 0) is 4.79 Å². The Labute approximate surface area is 112 Å². The van der Waals surface area contributed by atoms with Crippen molar-refractivity contribution >= 4 is 11.9 Å². The number of aromatic nitrogens is 2. The van der Waals surface area contributed by atoms with Crippen LogP contribution in [-0.4, -0.2) is 54.2 Å². The number of rotatable bonds is 5. The summed E-state index contributed by atoms with van der Waals surface area (Å²) in [5.41, 5.74) is 0. The van der Waals surface area contributed by atoms with E-state index in [-0.39, 0.29) is 11.9 Å². The molecule has 2 heterocycles. The molecule has 1 amide bonds. The summed E-state index contributed by atoms with van der Waals surface area (Å²) in [5.74, 6) is 0.989. The molecule has 7 nitrogen and oxygen atoms in total. The molecule has 0 atom stereocenters. The first-order chi connectivity index (χ1) is 9.13. The highest BCUT2D eigenvalue weighted by Crippen LogP contribution is 2.12. The van der Waals surface area contributed by atoms with Gasteiger partial charge in [0.2, 0.25) is 11.8 Å². The average molecular weight is 267 g/mol. The van der Waals surface area contributed by atoms with Crippen molar-refractivity contribution in [1.82, 2.24) is 20.4 Å². The van der Waals surface area contributed by atoms with Gasteiger partial charge in [0.1, 0.15) is 0 Å². The summed E-state index contributed by atoms with van der Waals surface area (Å²) in [4.78, 5) is 13.8. The van der Waals surface area contributed by atoms with Gasteiger partial charge in [-0.25, -0.2) is 0 Å². The summed E-state index contributed by atoms with van der Waals surface area (Å²) in [7, 11) is 1.96. The fourth-order valence-electron chi connectivity index (χ4n) is 2.32. The van der Waals surface area contributed by atoms with E-state index in [4.69, 9.17) is 4.42 Å². The lowest BCUT2D eigenvalue weighted by Crippen LogP contribution is -2.37. The van der Waals surface area contributed by atoms with Crippen LogP contribution >= 0.6 is 0 Å². The minimum absolute atomic E-state index is 0.125. The average Bonchev–Trinajstić information content (AvgIpc) is 2.75. The molecule has 106 valence electrons. The zero-order chi connectivity index (χ0) is 13.7. The first-order valence-electron chi connectivity index (χ1n) is 6.62. The van der Waals surface area contributed by atoms with Gasteiger partial charge < -0.3 is 9.73 Å². The van der Waals surface area contributed by atoms with Gasteiger partial charge in [-0.2, -0.15) is 0 Å².